The van der Waals surface area contributed by atoms with E-state index in [0.29, 0.717) is 18.1 Å². The summed E-state index contributed by atoms with van der Waals surface area (Å²) in [5, 5.41) is 2.79. The lowest BCUT2D eigenvalue weighted by molar-refractivity contribution is -0.361. The van der Waals surface area contributed by atoms with Crippen LogP contribution < -0.4 is 10.2 Å². The van der Waals surface area contributed by atoms with Crippen LogP contribution in [0.25, 0.3) is 0 Å². The van der Waals surface area contributed by atoms with Crippen LogP contribution in [0.2, 0.25) is 10.0 Å². The Labute approximate surface area is 154 Å². The Kier molecular flexibility index (Phi) is 7.03. The van der Waals surface area contributed by atoms with E-state index in [1.54, 1.807) is 13.8 Å². The van der Waals surface area contributed by atoms with E-state index in [-0.39, 0.29) is 27.5 Å². The predicted molar refractivity (Wildman–Crippen MR) is 83.5 cm³/mol. The van der Waals surface area contributed by atoms with E-state index in [1.807, 2.05) is 0 Å². The summed E-state index contributed by atoms with van der Waals surface area (Å²) >= 11 is 11.7. The Morgan fingerprint density at radius 2 is 1.73 bits per heavy atom. The fourth-order valence-electron chi connectivity index (χ4n) is 1.52. The van der Waals surface area contributed by atoms with Gasteiger partial charge in [-0.15, -0.1) is 0 Å². The summed E-state index contributed by atoms with van der Waals surface area (Å²) in [5.41, 5.74) is 0.416. The molecule has 0 aliphatic carbocycles. The average Bonchev–Trinajstić information content (AvgIpc) is 2.48. The van der Waals surface area contributed by atoms with E-state index in [4.69, 9.17) is 27.9 Å². The highest BCUT2D eigenvalue weighted by atomic mass is 35.5. The van der Waals surface area contributed by atoms with Crippen LogP contribution in [0.4, 0.5) is 30.7 Å². The first-order valence-corrected chi connectivity index (χ1v) is 7.76. The molecule has 12 heteroatoms. The van der Waals surface area contributed by atoms with Gasteiger partial charge in [0.25, 0.3) is 0 Å². The fourth-order valence-corrected chi connectivity index (χ4v) is 2.07. The molecule has 0 bridgehead atoms. The van der Waals surface area contributed by atoms with Crippen molar-refractivity contribution in [1.29, 1.82) is 0 Å². The molecule has 0 saturated heterocycles. The van der Waals surface area contributed by atoms with Crippen molar-refractivity contribution in [2.45, 2.75) is 44.5 Å². The molecule has 148 valence electrons. The molecular weight excluding hydrogens is 416 g/mol. The number of alkyl halides is 7. The molecular formula is C14H13Cl2F7N2O. The Morgan fingerprint density at radius 1 is 1.15 bits per heavy atom. The Hall–Kier alpha value is -1.42. The average molecular weight is 429 g/mol. The highest BCUT2D eigenvalue weighted by Crippen LogP contribution is 2.45. The van der Waals surface area contributed by atoms with Crippen LogP contribution in [0.15, 0.2) is 17.2 Å². The molecule has 0 aliphatic heterocycles. The number of ether oxygens (including phenoxy) is 1. The number of halogens is 9. The minimum atomic E-state index is -6.47. The van der Waals surface area contributed by atoms with Crippen molar-refractivity contribution in [1.82, 2.24) is 5.43 Å². The zero-order valence-corrected chi connectivity index (χ0v) is 14.8. The molecule has 0 aromatic heterocycles. The maximum Gasteiger partial charge on any atom is 0.462 e. The summed E-state index contributed by atoms with van der Waals surface area (Å²) in [4.78, 5) is 0. The Morgan fingerprint density at radius 3 is 2.23 bits per heavy atom. The summed E-state index contributed by atoms with van der Waals surface area (Å²) in [6.45, 7) is 3.45. The third kappa shape index (κ3) is 5.06. The zero-order valence-electron chi connectivity index (χ0n) is 13.3. The van der Waals surface area contributed by atoms with Gasteiger partial charge >= 0.3 is 18.1 Å². The molecule has 0 radical (unpaired) electrons. The minimum absolute atomic E-state index is 0.0216. The maximum absolute atomic E-state index is 13.1. The topological polar surface area (TPSA) is 33.6 Å². The van der Waals surface area contributed by atoms with Crippen molar-refractivity contribution in [3.8, 4) is 5.75 Å². The van der Waals surface area contributed by atoms with Crippen LogP contribution in [-0.4, -0.2) is 30.5 Å². The molecule has 1 atom stereocenters. The summed E-state index contributed by atoms with van der Waals surface area (Å²) in [5.74, 6) is -6.37. The summed E-state index contributed by atoms with van der Waals surface area (Å²) in [7, 11) is 0. The third-order valence-corrected chi connectivity index (χ3v) is 3.59. The molecule has 1 aromatic rings. The van der Waals surface area contributed by atoms with Gasteiger partial charge in [0, 0.05) is 10.6 Å². The lowest BCUT2D eigenvalue weighted by Gasteiger charge is -2.27. The number of hydrogen-bond donors (Lipinski definition) is 1. The van der Waals surface area contributed by atoms with Crippen LogP contribution in [0.5, 0.6) is 5.75 Å². The molecule has 0 amide bonds. The summed E-state index contributed by atoms with van der Waals surface area (Å²) in [6, 6.07) is -3.24. The van der Waals surface area contributed by atoms with Crippen LogP contribution in [0.3, 0.4) is 0 Å². The van der Waals surface area contributed by atoms with Gasteiger partial charge in [-0.25, -0.2) is 5.43 Å². The Bertz CT molecular complexity index is 665. The van der Waals surface area contributed by atoms with E-state index in [2.05, 4.69) is 5.10 Å². The lowest BCUT2D eigenvalue weighted by Crippen LogP contribution is -2.58. The molecule has 0 aliphatic rings. The highest BCUT2D eigenvalue weighted by Gasteiger charge is 2.73. The van der Waals surface area contributed by atoms with Crippen LogP contribution in [-0.2, 0) is 0 Å². The standard InChI is InChI=1S/C14H13Cl2F7N2O/c1-3-7(2)26-11-8(4-9(15)5-10(11)16)6-24-25-14(22,23)12(17,18)13(19,20)21/h4-7,25H,3H2,1-2H3/b24-6-/t7-/m1/s1. The third-order valence-electron chi connectivity index (χ3n) is 3.09. The molecule has 0 spiro atoms. The van der Waals surface area contributed by atoms with Gasteiger partial charge in [-0.05, 0) is 25.5 Å². The van der Waals surface area contributed by atoms with E-state index < -0.39 is 18.1 Å². The molecule has 0 fully saturated rings. The summed E-state index contributed by atoms with van der Waals surface area (Å²) in [6.07, 6.45) is -5.73. The predicted octanol–water partition coefficient (Wildman–Crippen LogP) is 5.88. The number of hydrogen-bond acceptors (Lipinski definition) is 3. The molecule has 1 rings (SSSR count). The first-order chi connectivity index (χ1) is 11.7. The maximum atomic E-state index is 13.1. The zero-order chi connectivity index (χ0) is 20.3. The molecule has 3 nitrogen and oxygen atoms in total. The van der Waals surface area contributed by atoms with E-state index in [9.17, 15) is 30.7 Å². The lowest BCUT2D eigenvalue weighted by atomic mass is 10.2. The van der Waals surface area contributed by atoms with E-state index in [1.165, 1.54) is 6.07 Å². The van der Waals surface area contributed by atoms with Crippen molar-refractivity contribution in [3.63, 3.8) is 0 Å². The van der Waals surface area contributed by atoms with Crippen molar-refractivity contribution in [2.24, 2.45) is 5.10 Å². The van der Waals surface area contributed by atoms with Gasteiger partial charge in [0.2, 0.25) is 0 Å². The van der Waals surface area contributed by atoms with Gasteiger partial charge < -0.3 is 4.74 Å². The smallest absolute Gasteiger partial charge is 0.462 e. The second-order valence-corrected chi connectivity index (χ2v) is 6.00. The molecule has 0 saturated carbocycles. The van der Waals surface area contributed by atoms with Gasteiger partial charge in [-0.1, -0.05) is 30.1 Å². The number of nitrogens with one attached hydrogen (secondary N) is 1. The van der Waals surface area contributed by atoms with Gasteiger partial charge in [0.1, 0.15) is 5.75 Å². The van der Waals surface area contributed by atoms with Crippen LogP contribution in [0, 0.1) is 0 Å². The van der Waals surface area contributed by atoms with Gasteiger partial charge in [0.15, 0.2) is 0 Å². The van der Waals surface area contributed by atoms with E-state index >= 15 is 0 Å². The number of benzene rings is 1. The van der Waals surface area contributed by atoms with Gasteiger partial charge in [-0.3, -0.25) is 0 Å². The normalized spacial score (nSPS) is 14.6. The van der Waals surface area contributed by atoms with Crippen LogP contribution in [0.1, 0.15) is 25.8 Å². The number of hydrazone groups is 1. The van der Waals surface area contributed by atoms with Crippen molar-refractivity contribution < 1.29 is 35.5 Å². The van der Waals surface area contributed by atoms with Crippen molar-refractivity contribution >= 4 is 29.4 Å². The van der Waals surface area contributed by atoms with Gasteiger partial charge in [-0.2, -0.15) is 35.8 Å². The molecule has 26 heavy (non-hydrogen) atoms. The largest absolute Gasteiger partial charge is 0.488 e. The second-order valence-electron chi connectivity index (χ2n) is 5.16. The molecule has 0 unspecified atom stereocenters. The monoisotopic (exact) mass is 428 g/mol. The quantitative estimate of drug-likeness (QED) is 0.254. The number of rotatable bonds is 7. The van der Waals surface area contributed by atoms with Crippen molar-refractivity contribution in [2.75, 3.05) is 0 Å². The van der Waals surface area contributed by atoms with E-state index in [0.717, 1.165) is 6.07 Å². The number of nitrogens with zero attached hydrogens (tertiary/aromatic N) is 1. The second kappa shape index (κ2) is 8.08. The SMILES string of the molecule is CC[C@@H](C)Oc1c(Cl)cc(Cl)cc1/C=N\NC(F)(F)C(F)(F)C(F)(F)F. The molecule has 0 heterocycles. The Balaban J connectivity index is 3.11. The first-order valence-electron chi connectivity index (χ1n) is 7.01. The highest BCUT2D eigenvalue weighted by molar-refractivity contribution is 6.36. The van der Waals surface area contributed by atoms with Crippen molar-refractivity contribution in [3.05, 3.63) is 27.7 Å². The van der Waals surface area contributed by atoms with Gasteiger partial charge in [0.05, 0.1) is 17.3 Å². The molecule has 1 N–H and O–H groups in total. The first kappa shape index (κ1) is 22.6. The minimum Gasteiger partial charge on any atom is -0.488 e. The molecule has 1 aromatic carbocycles. The fraction of sp³-hybridized carbons (Fsp3) is 0.500. The summed E-state index contributed by atoms with van der Waals surface area (Å²) < 4.78 is 93.5. The van der Waals surface area contributed by atoms with Crippen LogP contribution >= 0.6 is 23.2 Å².